The molecule has 0 amide bonds. The Morgan fingerprint density at radius 3 is 1.13 bits per heavy atom. The van der Waals surface area contributed by atoms with Crippen LogP contribution in [0.1, 0.15) is 76.6 Å². The third-order valence-corrected chi connectivity index (χ3v) is 5.65. The number of benzene rings is 2. The lowest BCUT2D eigenvalue weighted by atomic mass is 9.81. The van der Waals surface area contributed by atoms with Gasteiger partial charge in [0.15, 0.2) is 0 Å². The topological polar surface area (TPSA) is 0 Å². The van der Waals surface area contributed by atoms with Gasteiger partial charge in [0.2, 0.25) is 0 Å². The fourth-order valence-electron chi connectivity index (χ4n) is 2.79. The van der Waals surface area contributed by atoms with Crippen LogP contribution in [0.5, 0.6) is 0 Å². The molecule has 0 radical (unpaired) electrons. The van der Waals surface area contributed by atoms with Crippen molar-refractivity contribution in [1.29, 1.82) is 0 Å². The van der Waals surface area contributed by atoms with Crippen LogP contribution in [0, 0.1) is 0 Å². The zero-order chi connectivity index (χ0) is 17.1. The molecule has 0 aliphatic heterocycles. The molecule has 2 rings (SSSR count). The van der Waals surface area contributed by atoms with E-state index in [1.54, 1.807) is 0 Å². The summed E-state index contributed by atoms with van der Waals surface area (Å²) in [5, 5.41) is 0. The van der Waals surface area contributed by atoms with Crippen molar-refractivity contribution in [2.45, 2.75) is 71.6 Å². The van der Waals surface area contributed by atoms with Crippen molar-refractivity contribution in [2.24, 2.45) is 0 Å². The van der Waals surface area contributed by atoms with E-state index in [-0.39, 0.29) is 10.8 Å². The summed E-state index contributed by atoms with van der Waals surface area (Å²) in [5.41, 5.74) is 6.19. The summed E-state index contributed by atoms with van der Waals surface area (Å²) in [7, 11) is 0. The van der Waals surface area contributed by atoms with Crippen LogP contribution in [0.3, 0.4) is 0 Å². The molecular weight excluding hydrogens is 276 g/mol. The first-order valence-electron chi connectivity index (χ1n) is 8.97. The lowest BCUT2D eigenvalue weighted by Crippen LogP contribution is -2.15. The van der Waals surface area contributed by atoms with Gasteiger partial charge in [0.1, 0.15) is 0 Å². The normalized spacial score (nSPS) is 12.4. The summed E-state index contributed by atoms with van der Waals surface area (Å²) in [6.07, 6.45) is 3.35. The molecule has 0 nitrogen and oxygen atoms in total. The monoisotopic (exact) mass is 308 g/mol. The van der Waals surface area contributed by atoms with Crippen LogP contribution in [0.4, 0.5) is 0 Å². The molecule has 0 aliphatic carbocycles. The van der Waals surface area contributed by atoms with E-state index in [2.05, 4.69) is 90.1 Å². The maximum absolute atomic E-state index is 2.32. The molecule has 23 heavy (non-hydrogen) atoms. The van der Waals surface area contributed by atoms with E-state index in [1.807, 2.05) is 0 Å². The standard InChI is InChI=1S/C23H32/c1-7-22(3,4)20-13-9-18(10-14-20)17-19-11-15-21(16-12-19)23(5,6)8-2/h9-16H,7-8,17H2,1-6H3. The Hall–Kier alpha value is -1.56. The first-order valence-corrected chi connectivity index (χ1v) is 8.97. The Labute approximate surface area is 143 Å². The van der Waals surface area contributed by atoms with Crippen LogP contribution < -0.4 is 0 Å². The lowest BCUT2D eigenvalue weighted by Gasteiger charge is -2.24. The van der Waals surface area contributed by atoms with Crippen LogP contribution in [0.2, 0.25) is 0 Å². The highest BCUT2D eigenvalue weighted by Gasteiger charge is 2.18. The quantitative estimate of drug-likeness (QED) is 0.560. The van der Waals surface area contributed by atoms with Crippen molar-refractivity contribution in [2.75, 3.05) is 0 Å². The minimum Gasteiger partial charge on any atom is -0.0646 e. The van der Waals surface area contributed by atoms with Gasteiger partial charge in [0.25, 0.3) is 0 Å². The van der Waals surface area contributed by atoms with Gasteiger partial charge in [-0.15, -0.1) is 0 Å². The number of hydrogen-bond donors (Lipinski definition) is 0. The molecule has 0 heterocycles. The van der Waals surface area contributed by atoms with Crippen molar-refractivity contribution in [3.63, 3.8) is 0 Å². The molecule has 0 saturated heterocycles. The van der Waals surface area contributed by atoms with E-state index in [0.29, 0.717) is 0 Å². The maximum Gasteiger partial charge on any atom is -0.00258 e. The average molecular weight is 309 g/mol. The molecule has 0 bridgehead atoms. The maximum atomic E-state index is 2.32. The Kier molecular flexibility index (Phi) is 5.34. The molecule has 0 aromatic heterocycles. The number of rotatable bonds is 6. The van der Waals surface area contributed by atoms with E-state index in [4.69, 9.17) is 0 Å². The third kappa shape index (κ3) is 4.25. The van der Waals surface area contributed by atoms with E-state index >= 15 is 0 Å². The molecule has 2 aromatic rings. The van der Waals surface area contributed by atoms with Crippen molar-refractivity contribution < 1.29 is 0 Å². The molecule has 0 fully saturated rings. The minimum atomic E-state index is 0.270. The van der Waals surface area contributed by atoms with Crippen molar-refractivity contribution in [1.82, 2.24) is 0 Å². The zero-order valence-corrected chi connectivity index (χ0v) is 15.7. The lowest BCUT2D eigenvalue weighted by molar-refractivity contribution is 0.506. The molecule has 0 N–H and O–H groups in total. The summed E-state index contributed by atoms with van der Waals surface area (Å²) in [6, 6.07) is 18.3. The summed E-state index contributed by atoms with van der Waals surface area (Å²) < 4.78 is 0. The average Bonchev–Trinajstić information content (AvgIpc) is 2.56. The smallest absolute Gasteiger partial charge is 0.00258 e. The van der Waals surface area contributed by atoms with Crippen LogP contribution >= 0.6 is 0 Å². The van der Waals surface area contributed by atoms with Gasteiger partial charge in [0, 0.05) is 0 Å². The van der Waals surface area contributed by atoms with Gasteiger partial charge in [-0.05, 0) is 52.3 Å². The molecular formula is C23H32. The highest BCUT2D eigenvalue weighted by molar-refractivity contribution is 5.34. The summed E-state index contributed by atoms with van der Waals surface area (Å²) in [4.78, 5) is 0. The zero-order valence-electron chi connectivity index (χ0n) is 15.7. The SMILES string of the molecule is CCC(C)(C)c1ccc(Cc2ccc(C(C)(C)CC)cc2)cc1. The second kappa shape index (κ2) is 6.91. The largest absolute Gasteiger partial charge is 0.0646 e. The molecule has 0 spiro atoms. The van der Waals surface area contributed by atoms with E-state index in [9.17, 15) is 0 Å². The highest BCUT2D eigenvalue weighted by atomic mass is 14.2. The second-order valence-corrected chi connectivity index (χ2v) is 8.05. The molecule has 0 atom stereocenters. The fourth-order valence-corrected chi connectivity index (χ4v) is 2.79. The van der Waals surface area contributed by atoms with Crippen molar-refractivity contribution in [3.8, 4) is 0 Å². The molecule has 2 aromatic carbocycles. The van der Waals surface area contributed by atoms with Crippen LogP contribution in [-0.2, 0) is 17.3 Å². The molecule has 0 heteroatoms. The van der Waals surface area contributed by atoms with E-state index in [1.165, 1.54) is 35.1 Å². The fraction of sp³-hybridized carbons (Fsp3) is 0.478. The molecule has 0 saturated carbocycles. The Bertz CT molecular complexity index is 555. The van der Waals surface area contributed by atoms with Gasteiger partial charge in [0.05, 0.1) is 0 Å². The Morgan fingerprint density at radius 1 is 0.565 bits per heavy atom. The molecule has 0 aliphatic rings. The van der Waals surface area contributed by atoms with Crippen LogP contribution in [0.25, 0.3) is 0 Å². The van der Waals surface area contributed by atoms with E-state index < -0.39 is 0 Å². The van der Waals surface area contributed by atoms with Gasteiger partial charge in [-0.2, -0.15) is 0 Å². The van der Waals surface area contributed by atoms with Crippen molar-refractivity contribution >= 4 is 0 Å². The first-order chi connectivity index (χ1) is 10.8. The highest BCUT2D eigenvalue weighted by Crippen LogP contribution is 2.28. The predicted octanol–water partition coefficient (Wildman–Crippen LogP) is 6.65. The van der Waals surface area contributed by atoms with Crippen molar-refractivity contribution in [3.05, 3.63) is 70.8 Å². The summed E-state index contributed by atoms with van der Waals surface area (Å²) in [5.74, 6) is 0. The third-order valence-electron chi connectivity index (χ3n) is 5.65. The summed E-state index contributed by atoms with van der Waals surface area (Å²) >= 11 is 0. The Morgan fingerprint density at radius 2 is 0.870 bits per heavy atom. The van der Waals surface area contributed by atoms with Gasteiger partial charge in [-0.1, -0.05) is 90.1 Å². The molecule has 0 unspecified atom stereocenters. The van der Waals surface area contributed by atoms with Crippen LogP contribution in [0.15, 0.2) is 48.5 Å². The van der Waals surface area contributed by atoms with E-state index in [0.717, 1.165) is 6.42 Å². The van der Waals surface area contributed by atoms with Gasteiger partial charge >= 0.3 is 0 Å². The predicted molar refractivity (Wildman–Crippen MR) is 102 cm³/mol. The minimum absolute atomic E-state index is 0.270. The molecule has 124 valence electrons. The second-order valence-electron chi connectivity index (χ2n) is 8.05. The van der Waals surface area contributed by atoms with Gasteiger partial charge < -0.3 is 0 Å². The van der Waals surface area contributed by atoms with Gasteiger partial charge in [-0.25, -0.2) is 0 Å². The first kappa shape index (κ1) is 17.8. The Balaban J connectivity index is 2.11. The summed E-state index contributed by atoms with van der Waals surface area (Å²) in [6.45, 7) is 13.8. The van der Waals surface area contributed by atoms with Crippen LogP contribution in [-0.4, -0.2) is 0 Å². The van der Waals surface area contributed by atoms with Gasteiger partial charge in [-0.3, -0.25) is 0 Å². The number of hydrogen-bond acceptors (Lipinski definition) is 0.